The van der Waals surface area contributed by atoms with Crippen LogP contribution in [-0.2, 0) is 6.54 Å². The Morgan fingerprint density at radius 3 is 2.76 bits per heavy atom. The molecular formula is C16H17N5. The van der Waals surface area contributed by atoms with Crippen LogP contribution in [0.15, 0.2) is 48.5 Å². The number of rotatable bonds is 3. The number of fused-ring (bicyclic) bond motifs is 1. The summed E-state index contributed by atoms with van der Waals surface area (Å²) in [4.78, 5) is 4.85. The first kappa shape index (κ1) is 12.3. The van der Waals surface area contributed by atoms with Crippen molar-refractivity contribution >= 4 is 16.7 Å². The van der Waals surface area contributed by atoms with E-state index < -0.39 is 0 Å². The molecule has 0 atom stereocenters. The van der Waals surface area contributed by atoms with E-state index in [2.05, 4.69) is 61.6 Å². The lowest BCUT2D eigenvalue weighted by Gasteiger charge is -2.20. The number of nitrogens with one attached hydrogen (secondary N) is 1. The van der Waals surface area contributed by atoms with E-state index in [1.165, 1.54) is 11.3 Å². The van der Waals surface area contributed by atoms with Crippen LogP contribution in [-0.4, -0.2) is 40.1 Å². The highest BCUT2D eigenvalue weighted by Gasteiger charge is 2.21. The minimum atomic E-state index is 0.910. The molecule has 0 amide bonds. The lowest BCUT2D eigenvalue weighted by Crippen LogP contribution is -2.25. The van der Waals surface area contributed by atoms with Crippen molar-refractivity contribution in [1.82, 2.24) is 20.3 Å². The minimum Gasteiger partial charge on any atom is -0.357 e. The smallest absolute Gasteiger partial charge is 0.117 e. The Bertz CT molecular complexity index is 737. The Labute approximate surface area is 123 Å². The zero-order chi connectivity index (χ0) is 14.1. The predicted octanol–water partition coefficient (Wildman–Crippen LogP) is 2.24. The molecule has 0 radical (unpaired) electrons. The van der Waals surface area contributed by atoms with Crippen LogP contribution in [0.2, 0.25) is 0 Å². The van der Waals surface area contributed by atoms with Gasteiger partial charge >= 0.3 is 0 Å². The van der Waals surface area contributed by atoms with Crippen molar-refractivity contribution in [2.45, 2.75) is 6.54 Å². The van der Waals surface area contributed by atoms with Crippen molar-refractivity contribution in [1.29, 1.82) is 0 Å². The lowest BCUT2D eigenvalue weighted by atomic mass is 10.2. The molecule has 5 heteroatoms. The maximum absolute atomic E-state index is 4.26. The second-order valence-electron chi connectivity index (χ2n) is 5.40. The first-order valence-electron chi connectivity index (χ1n) is 7.21. The molecule has 3 aromatic rings. The zero-order valence-corrected chi connectivity index (χ0v) is 11.7. The molecule has 1 aliphatic heterocycles. The summed E-state index contributed by atoms with van der Waals surface area (Å²) in [6.45, 7) is 4.01. The summed E-state index contributed by atoms with van der Waals surface area (Å²) in [7, 11) is 0. The summed E-state index contributed by atoms with van der Waals surface area (Å²) in [5, 5.41) is 11.1. The number of hydrogen-bond acceptors (Lipinski definition) is 4. The highest BCUT2D eigenvalue weighted by molar-refractivity contribution is 5.77. The van der Waals surface area contributed by atoms with Gasteiger partial charge in [-0.2, -0.15) is 15.4 Å². The van der Waals surface area contributed by atoms with Gasteiger partial charge in [0.05, 0.1) is 6.67 Å². The zero-order valence-electron chi connectivity index (χ0n) is 11.7. The third kappa shape index (κ3) is 2.36. The lowest BCUT2D eigenvalue weighted by molar-refractivity contribution is 0.335. The molecule has 2 heterocycles. The van der Waals surface area contributed by atoms with Gasteiger partial charge in [-0.15, -0.1) is 0 Å². The van der Waals surface area contributed by atoms with Crippen LogP contribution in [0.3, 0.4) is 0 Å². The summed E-state index contributed by atoms with van der Waals surface area (Å²) in [5.41, 5.74) is 4.44. The van der Waals surface area contributed by atoms with Crippen molar-refractivity contribution < 1.29 is 0 Å². The summed E-state index contributed by atoms with van der Waals surface area (Å²) < 4.78 is 0. The molecule has 0 aliphatic carbocycles. The molecular weight excluding hydrogens is 262 g/mol. The van der Waals surface area contributed by atoms with Crippen molar-refractivity contribution in [3.05, 3.63) is 54.1 Å². The van der Waals surface area contributed by atoms with Gasteiger partial charge in [-0.1, -0.05) is 30.3 Å². The van der Waals surface area contributed by atoms with Gasteiger partial charge in [0.2, 0.25) is 0 Å². The second-order valence-corrected chi connectivity index (χ2v) is 5.40. The van der Waals surface area contributed by atoms with E-state index in [4.69, 9.17) is 0 Å². The quantitative estimate of drug-likeness (QED) is 0.799. The van der Waals surface area contributed by atoms with E-state index in [0.29, 0.717) is 0 Å². The van der Waals surface area contributed by atoms with Crippen LogP contribution in [0.4, 0.5) is 5.69 Å². The summed E-state index contributed by atoms with van der Waals surface area (Å²) in [6, 6.07) is 16.7. The first-order valence-corrected chi connectivity index (χ1v) is 7.21. The Morgan fingerprint density at radius 1 is 0.952 bits per heavy atom. The molecule has 1 aromatic heterocycles. The maximum Gasteiger partial charge on any atom is 0.117 e. The van der Waals surface area contributed by atoms with Crippen LogP contribution in [0.1, 0.15) is 5.56 Å². The second kappa shape index (κ2) is 5.18. The average molecular weight is 279 g/mol. The molecule has 5 nitrogen and oxygen atoms in total. The van der Waals surface area contributed by atoms with Gasteiger partial charge in [0.1, 0.15) is 11.0 Å². The standard InChI is InChI=1S/C16H17N5/c1-2-6-14(7-3-1)21-10-9-20(12-21)11-13-5-4-8-15-16(13)18-19-17-15/h1-8H,9-12H2,(H,17,18,19). The van der Waals surface area contributed by atoms with Gasteiger partial charge in [0, 0.05) is 25.3 Å². The van der Waals surface area contributed by atoms with E-state index in [9.17, 15) is 0 Å². The molecule has 106 valence electrons. The number of benzene rings is 2. The van der Waals surface area contributed by atoms with Crippen molar-refractivity contribution in [3.8, 4) is 0 Å². The molecule has 21 heavy (non-hydrogen) atoms. The van der Waals surface area contributed by atoms with Gasteiger partial charge in [0.25, 0.3) is 0 Å². The number of nitrogens with zero attached hydrogens (tertiary/aromatic N) is 4. The highest BCUT2D eigenvalue weighted by atomic mass is 15.4. The number of H-pyrrole nitrogens is 1. The molecule has 1 saturated heterocycles. The third-order valence-corrected chi connectivity index (χ3v) is 4.00. The third-order valence-electron chi connectivity index (χ3n) is 4.00. The fourth-order valence-electron chi connectivity index (χ4n) is 2.92. The van der Waals surface area contributed by atoms with Crippen molar-refractivity contribution in [2.75, 3.05) is 24.7 Å². The molecule has 1 N–H and O–H groups in total. The van der Waals surface area contributed by atoms with E-state index in [1.807, 2.05) is 12.1 Å². The number of anilines is 1. The topological polar surface area (TPSA) is 48.0 Å². The minimum absolute atomic E-state index is 0.910. The Morgan fingerprint density at radius 2 is 1.86 bits per heavy atom. The number of hydrogen-bond donors (Lipinski definition) is 1. The Balaban J connectivity index is 1.50. The Hall–Kier alpha value is -2.40. The molecule has 0 saturated carbocycles. The van der Waals surface area contributed by atoms with E-state index in [-0.39, 0.29) is 0 Å². The average Bonchev–Trinajstić information content (AvgIpc) is 3.17. The van der Waals surface area contributed by atoms with E-state index in [0.717, 1.165) is 37.3 Å². The monoisotopic (exact) mass is 279 g/mol. The summed E-state index contributed by atoms with van der Waals surface area (Å²) >= 11 is 0. The van der Waals surface area contributed by atoms with Gasteiger partial charge in [0.15, 0.2) is 0 Å². The summed E-state index contributed by atoms with van der Waals surface area (Å²) in [5.74, 6) is 0. The maximum atomic E-state index is 4.26. The Kier molecular flexibility index (Phi) is 3.05. The van der Waals surface area contributed by atoms with Gasteiger partial charge < -0.3 is 4.90 Å². The van der Waals surface area contributed by atoms with Crippen molar-refractivity contribution in [2.24, 2.45) is 0 Å². The number of aromatic nitrogens is 3. The van der Waals surface area contributed by atoms with Gasteiger partial charge in [-0.3, -0.25) is 4.90 Å². The van der Waals surface area contributed by atoms with Crippen LogP contribution in [0, 0.1) is 0 Å². The SMILES string of the molecule is c1ccc(N2CCN(Cc3cccc4n[nH]nc34)C2)cc1. The summed E-state index contributed by atoms with van der Waals surface area (Å²) in [6.07, 6.45) is 0. The molecule has 2 aromatic carbocycles. The van der Waals surface area contributed by atoms with E-state index >= 15 is 0 Å². The van der Waals surface area contributed by atoms with Crippen LogP contribution in [0.5, 0.6) is 0 Å². The molecule has 0 bridgehead atoms. The molecule has 0 unspecified atom stereocenters. The van der Waals surface area contributed by atoms with Gasteiger partial charge in [-0.05, 0) is 23.8 Å². The van der Waals surface area contributed by atoms with Crippen LogP contribution in [0.25, 0.3) is 11.0 Å². The number of para-hydroxylation sites is 2. The predicted molar refractivity (Wildman–Crippen MR) is 83.0 cm³/mol. The van der Waals surface area contributed by atoms with Crippen LogP contribution >= 0.6 is 0 Å². The fraction of sp³-hybridized carbons (Fsp3) is 0.250. The molecule has 4 rings (SSSR count). The highest BCUT2D eigenvalue weighted by Crippen LogP contribution is 2.21. The fourth-order valence-corrected chi connectivity index (χ4v) is 2.92. The number of aromatic amines is 1. The molecule has 0 spiro atoms. The van der Waals surface area contributed by atoms with Crippen LogP contribution < -0.4 is 4.90 Å². The molecule has 1 aliphatic rings. The first-order chi connectivity index (χ1) is 10.4. The van der Waals surface area contributed by atoms with Crippen molar-refractivity contribution in [3.63, 3.8) is 0 Å². The normalized spacial score (nSPS) is 15.9. The molecule has 1 fully saturated rings. The van der Waals surface area contributed by atoms with Gasteiger partial charge in [-0.25, -0.2) is 0 Å². The van der Waals surface area contributed by atoms with E-state index in [1.54, 1.807) is 0 Å². The largest absolute Gasteiger partial charge is 0.357 e.